The van der Waals surface area contributed by atoms with Crippen molar-refractivity contribution in [2.75, 3.05) is 0 Å². The van der Waals surface area contributed by atoms with E-state index < -0.39 is 0 Å². The van der Waals surface area contributed by atoms with E-state index in [1.807, 2.05) is 24.4 Å². The molecule has 0 aliphatic heterocycles. The molecule has 0 aliphatic carbocycles. The van der Waals surface area contributed by atoms with Gasteiger partial charge in [-0.3, -0.25) is 10.1 Å². The van der Waals surface area contributed by atoms with Gasteiger partial charge in [0.05, 0.1) is 17.2 Å². The number of fused-ring (bicyclic) bond motifs is 3. The van der Waals surface area contributed by atoms with Crippen LogP contribution in [0.4, 0.5) is 0 Å². The van der Waals surface area contributed by atoms with Gasteiger partial charge in [0.15, 0.2) is 0 Å². The molecule has 0 aliphatic rings. The minimum absolute atomic E-state index is 0.861. The van der Waals surface area contributed by atoms with Gasteiger partial charge in [-0.05, 0) is 23.8 Å². The van der Waals surface area contributed by atoms with Gasteiger partial charge in [0, 0.05) is 22.9 Å². The first-order valence-electron chi connectivity index (χ1n) is 6.66. The van der Waals surface area contributed by atoms with Gasteiger partial charge in [-0.2, -0.15) is 5.10 Å². The number of H-pyrrole nitrogens is 1. The van der Waals surface area contributed by atoms with Crippen LogP contribution in [-0.4, -0.2) is 15.2 Å². The minimum Gasteiger partial charge on any atom is -0.278 e. The third-order valence-corrected chi connectivity index (χ3v) is 3.58. The monoisotopic (exact) mass is 259 g/mol. The SMILES string of the molecule is c1ccc(Cc2ccc3c(ccc4[nH]ncc43)n2)cc1. The Kier molecular flexibility index (Phi) is 2.49. The van der Waals surface area contributed by atoms with Gasteiger partial charge >= 0.3 is 0 Å². The second-order valence-electron chi connectivity index (χ2n) is 4.93. The van der Waals surface area contributed by atoms with E-state index >= 15 is 0 Å². The van der Waals surface area contributed by atoms with Crippen LogP contribution in [0.2, 0.25) is 0 Å². The molecule has 0 fully saturated rings. The van der Waals surface area contributed by atoms with Crippen LogP contribution in [-0.2, 0) is 6.42 Å². The Morgan fingerprint density at radius 3 is 2.65 bits per heavy atom. The predicted octanol–water partition coefficient (Wildman–Crippen LogP) is 3.70. The number of nitrogens with one attached hydrogen (secondary N) is 1. The Bertz CT molecular complexity index is 878. The molecule has 0 unspecified atom stereocenters. The molecule has 0 saturated carbocycles. The van der Waals surface area contributed by atoms with E-state index in [0.717, 1.165) is 33.9 Å². The molecule has 3 nitrogen and oxygen atoms in total. The maximum atomic E-state index is 4.76. The van der Waals surface area contributed by atoms with E-state index in [1.165, 1.54) is 5.56 Å². The summed E-state index contributed by atoms with van der Waals surface area (Å²) < 4.78 is 0. The summed E-state index contributed by atoms with van der Waals surface area (Å²) in [6.45, 7) is 0. The van der Waals surface area contributed by atoms with Gasteiger partial charge in [-0.25, -0.2) is 0 Å². The van der Waals surface area contributed by atoms with Crippen molar-refractivity contribution in [2.24, 2.45) is 0 Å². The maximum Gasteiger partial charge on any atom is 0.0713 e. The molecule has 2 heterocycles. The van der Waals surface area contributed by atoms with Crippen molar-refractivity contribution in [1.29, 1.82) is 0 Å². The first kappa shape index (κ1) is 11.2. The highest BCUT2D eigenvalue weighted by Gasteiger charge is 2.04. The van der Waals surface area contributed by atoms with Gasteiger partial charge in [0.25, 0.3) is 0 Å². The summed E-state index contributed by atoms with van der Waals surface area (Å²) in [5.74, 6) is 0. The molecule has 4 aromatic rings. The Hall–Kier alpha value is -2.68. The van der Waals surface area contributed by atoms with Crippen molar-refractivity contribution in [3.05, 3.63) is 72.1 Å². The average Bonchev–Trinajstić information content (AvgIpc) is 2.97. The Morgan fingerprint density at radius 1 is 0.850 bits per heavy atom. The highest BCUT2D eigenvalue weighted by Crippen LogP contribution is 2.23. The lowest BCUT2D eigenvalue weighted by molar-refractivity contribution is 1.10. The molecular formula is C17H13N3. The van der Waals surface area contributed by atoms with Crippen molar-refractivity contribution >= 4 is 21.8 Å². The lowest BCUT2D eigenvalue weighted by Gasteiger charge is -2.04. The molecule has 96 valence electrons. The number of aromatic amines is 1. The van der Waals surface area contributed by atoms with Crippen LogP contribution in [0.25, 0.3) is 21.8 Å². The van der Waals surface area contributed by atoms with Crippen molar-refractivity contribution < 1.29 is 0 Å². The first-order valence-corrected chi connectivity index (χ1v) is 6.66. The zero-order valence-electron chi connectivity index (χ0n) is 10.9. The van der Waals surface area contributed by atoms with Gasteiger partial charge in [-0.15, -0.1) is 0 Å². The third kappa shape index (κ3) is 1.84. The van der Waals surface area contributed by atoms with E-state index in [2.05, 4.69) is 46.6 Å². The van der Waals surface area contributed by atoms with E-state index in [9.17, 15) is 0 Å². The van der Waals surface area contributed by atoms with Gasteiger partial charge in [0.2, 0.25) is 0 Å². The number of benzene rings is 2. The normalized spacial score (nSPS) is 11.2. The molecule has 2 aromatic carbocycles. The zero-order valence-corrected chi connectivity index (χ0v) is 10.9. The Balaban J connectivity index is 1.81. The lowest BCUT2D eigenvalue weighted by atomic mass is 10.1. The predicted molar refractivity (Wildman–Crippen MR) is 80.6 cm³/mol. The fraction of sp³-hybridized carbons (Fsp3) is 0.0588. The second kappa shape index (κ2) is 4.46. The van der Waals surface area contributed by atoms with E-state index in [-0.39, 0.29) is 0 Å². The van der Waals surface area contributed by atoms with Crippen LogP contribution in [0.3, 0.4) is 0 Å². The lowest BCUT2D eigenvalue weighted by Crippen LogP contribution is -1.92. The average molecular weight is 259 g/mol. The van der Waals surface area contributed by atoms with Gasteiger partial charge in [0.1, 0.15) is 0 Å². The first-order chi connectivity index (χ1) is 9.90. The second-order valence-corrected chi connectivity index (χ2v) is 4.93. The van der Waals surface area contributed by atoms with Crippen molar-refractivity contribution in [1.82, 2.24) is 15.2 Å². The summed E-state index contributed by atoms with van der Waals surface area (Å²) in [6.07, 6.45) is 2.72. The molecule has 0 bridgehead atoms. The molecule has 3 heteroatoms. The summed E-state index contributed by atoms with van der Waals surface area (Å²) in [4.78, 5) is 4.76. The zero-order chi connectivity index (χ0) is 13.4. The summed E-state index contributed by atoms with van der Waals surface area (Å²) in [5, 5.41) is 9.35. The van der Waals surface area contributed by atoms with Crippen LogP contribution in [0, 0.1) is 0 Å². The van der Waals surface area contributed by atoms with E-state index in [4.69, 9.17) is 4.98 Å². The Labute approximate surface area is 116 Å². The summed E-state index contributed by atoms with van der Waals surface area (Å²) in [7, 11) is 0. The smallest absolute Gasteiger partial charge is 0.0713 e. The largest absolute Gasteiger partial charge is 0.278 e. The molecule has 0 spiro atoms. The molecule has 0 atom stereocenters. The third-order valence-electron chi connectivity index (χ3n) is 3.58. The highest BCUT2D eigenvalue weighted by molar-refractivity contribution is 6.04. The van der Waals surface area contributed by atoms with Crippen LogP contribution in [0.15, 0.2) is 60.8 Å². The quantitative estimate of drug-likeness (QED) is 0.596. The summed E-state index contributed by atoms with van der Waals surface area (Å²) >= 11 is 0. The summed E-state index contributed by atoms with van der Waals surface area (Å²) in [6, 6.07) is 18.7. The Morgan fingerprint density at radius 2 is 1.75 bits per heavy atom. The van der Waals surface area contributed by atoms with Crippen LogP contribution in [0.5, 0.6) is 0 Å². The van der Waals surface area contributed by atoms with E-state index in [1.54, 1.807) is 0 Å². The molecular weight excluding hydrogens is 246 g/mol. The van der Waals surface area contributed by atoms with Gasteiger partial charge < -0.3 is 0 Å². The molecule has 20 heavy (non-hydrogen) atoms. The van der Waals surface area contributed by atoms with Crippen molar-refractivity contribution in [3.8, 4) is 0 Å². The number of pyridine rings is 1. The maximum absolute atomic E-state index is 4.76. The van der Waals surface area contributed by atoms with Crippen LogP contribution in [0.1, 0.15) is 11.3 Å². The van der Waals surface area contributed by atoms with E-state index in [0.29, 0.717) is 0 Å². The molecule has 1 N–H and O–H groups in total. The minimum atomic E-state index is 0.861. The molecule has 4 rings (SSSR count). The number of rotatable bonds is 2. The standard InChI is InChI=1S/C17H13N3/c1-2-4-12(5-3-1)10-13-6-7-14-15-11-18-20-17(15)9-8-16(14)19-13/h1-9,11H,10H2,(H,18,20). The van der Waals surface area contributed by atoms with Gasteiger partial charge in [-0.1, -0.05) is 36.4 Å². The molecule has 2 aromatic heterocycles. The summed E-state index contributed by atoms with van der Waals surface area (Å²) in [5.41, 5.74) is 4.44. The topological polar surface area (TPSA) is 41.6 Å². The number of aromatic nitrogens is 3. The van der Waals surface area contributed by atoms with Crippen LogP contribution >= 0.6 is 0 Å². The van der Waals surface area contributed by atoms with Crippen molar-refractivity contribution in [2.45, 2.75) is 6.42 Å². The molecule has 0 saturated heterocycles. The fourth-order valence-corrected chi connectivity index (χ4v) is 2.58. The number of hydrogen-bond donors (Lipinski definition) is 1. The number of nitrogens with zero attached hydrogens (tertiary/aromatic N) is 2. The number of hydrogen-bond acceptors (Lipinski definition) is 2. The highest BCUT2D eigenvalue weighted by atomic mass is 15.1. The van der Waals surface area contributed by atoms with Crippen molar-refractivity contribution in [3.63, 3.8) is 0 Å². The molecule has 0 amide bonds. The fourth-order valence-electron chi connectivity index (χ4n) is 2.58. The molecule has 0 radical (unpaired) electrons. The van der Waals surface area contributed by atoms with Crippen LogP contribution < -0.4 is 0 Å².